The fourth-order valence-corrected chi connectivity index (χ4v) is 2.04. The first kappa shape index (κ1) is 11.5. The largest absolute Gasteiger partial charge is 0.375 e. The van der Waals surface area contributed by atoms with E-state index >= 15 is 0 Å². The van der Waals surface area contributed by atoms with Gasteiger partial charge in [-0.05, 0) is 20.3 Å². The fourth-order valence-electron chi connectivity index (χ4n) is 2.04. The SMILES string of the molecule is CC(C)n1nc(C(C)(F)F)c2c1COCC2. The van der Waals surface area contributed by atoms with Crippen molar-refractivity contribution in [2.45, 2.75) is 45.8 Å². The zero-order chi connectivity index (χ0) is 11.9. The van der Waals surface area contributed by atoms with Crippen LogP contribution in [0.5, 0.6) is 0 Å². The Kier molecular flexibility index (Phi) is 2.74. The molecule has 1 aromatic rings. The lowest BCUT2D eigenvalue weighted by molar-refractivity contribution is 0.0104. The second-order valence-electron chi connectivity index (χ2n) is 4.50. The average Bonchev–Trinajstić information content (AvgIpc) is 2.56. The van der Waals surface area contributed by atoms with E-state index in [1.165, 1.54) is 0 Å². The summed E-state index contributed by atoms with van der Waals surface area (Å²) in [6.45, 7) is 5.64. The summed E-state index contributed by atoms with van der Waals surface area (Å²) in [4.78, 5) is 0. The Balaban J connectivity index is 2.55. The summed E-state index contributed by atoms with van der Waals surface area (Å²) < 4.78 is 33.8. The van der Waals surface area contributed by atoms with Gasteiger partial charge < -0.3 is 4.74 Å². The van der Waals surface area contributed by atoms with Gasteiger partial charge in [-0.3, -0.25) is 4.68 Å². The molecule has 0 atom stereocenters. The molecule has 0 saturated heterocycles. The number of alkyl halides is 2. The maximum absolute atomic E-state index is 13.4. The number of hydrogen-bond acceptors (Lipinski definition) is 2. The van der Waals surface area contributed by atoms with E-state index in [0.717, 1.165) is 12.6 Å². The molecular weight excluding hydrogens is 214 g/mol. The molecule has 0 aromatic carbocycles. The van der Waals surface area contributed by atoms with Crippen molar-refractivity contribution in [3.63, 3.8) is 0 Å². The Morgan fingerprint density at radius 1 is 1.44 bits per heavy atom. The van der Waals surface area contributed by atoms with E-state index in [1.54, 1.807) is 4.68 Å². The Bertz CT molecular complexity index is 393. The highest BCUT2D eigenvalue weighted by atomic mass is 19.3. The third-order valence-electron chi connectivity index (χ3n) is 2.76. The molecule has 90 valence electrons. The molecule has 0 unspecified atom stereocenters. The average molecular weight is 230 g/mol. The third kappa shape index (κ3) is 1.84. The van der Waals surface area contributed by atoms with Gasteiger partial charge in [-0.2, -0.15) is 13.9 Å². The minimum Gasteiger partial charge on any atom is -0.375 e. The Labute approximate surface area is 93.4 Å². The van der Waals surface area contributed by atoms with Crippen molar-refractivity contribution in [3.05, 3.63) is 17.0 Å². The van der Waals surface area contributed by atoms with E-state index in [0.29, 0.717) is 25.2 Å². The molecule has 16 heavy (non-hydrogen) atoms. The van der Waals surface area contributed by atoms with E-state index < -0.39 is 5.92 Å². The summed E-state index contributed by atoms with van der Waals surface area (Å²) in [5.41, 5.74) is 1.39. The fraction of sp³-hybridized carbons (Fsp3) is 0.727. The van der Waals surface area contributed by atoms with Crippen LogP contribution >= 0.6 is 0 Å². The van der Waals surface area contributed by atoms with Gasteiger partial charge >= 0.3 is 0 Å². The van der Waals surface area contributed by atoms with Crippen LogP contribution in [-0.2, 0) is 23.7 Å². The van der Waals surface area contributed by atoms with Gasteiger partial charge in [0.2, 0.25) is 0 Å². The van der Waals surface area contributed by atoms with E-state index in [-0.39, 0.29) is 11.7 Å². The highest BCUT2D eigenvalue weighted by molar-refractivity contribution is 5.30. The predicted octanol–water partition coefficient (Wildman–Crippen LogP) is 2.65. The van der Waals surface area contributed by atoms with Crippen LogP contribution in [0.3, 0.4) is 0 Å². The van der Waals surface area contributed by atoms with Gasteiger partial charge in [-0.1, -0.05) is 0 Å². The van der Waals surface area contributed by atoms with Crippen molar-refractivity contribution >= 4 is 0 Å². The summed E-state index contributed by atoms with van der Waals surface area (Å²) in [7, 11) is 0. The molecule has 0 spiro atoms. The van der Waals surface area contributed by atoms with Crippen LogP contribution in [-0.4, -0.2) is 16.4 Å². The predicted molar refractivity (Wildman–Crippen MR) is 55.5 cm³/mol. The lowest BCUT2D eigenvalue weighted by Gasteiger charge is -2.17. The smallest absolute Gasteiger partial charge is 0.289 e. The minimum absolute atomic E-state index is 0.0755. The number of rotatable bonds is 2. The van der Waals surface area contributed by atoms with Crippen LogP contribution in [0, 0.1) is 0 Å². The van der Waals surface area contributed by atoms with Crippen molar-refractivity contribution in [1.82, 2.24) is 9.78 Å². The number of aromatic nitrogens is 2. The molecule has 0 amide bonds. The van der Waals surface area contributed by atoms with Crippen LogP contribution in [0.4, 0.5) is 8.78 Å². The summed E-state index contributed by atoms with van der Waals surface area (Å²) in [5.74, 6) is -2.87. The van der Waals surface area contributed by atoms with Crippen LogP contribution < -0.4 is 0 Å². The summed E-state index contributed by atoms with van der Waals surface area (Å²) in [5, 5.41) is 4.05. The first-order valence-electron chi connectivity index (χ1n) is 5.47. The van der Waals surface area contributed by atoms with Gasteiger partial charge in [0, 0.05) is 18.5 Å². The van der Waals surface area contributed by atoms with Crippen molar-refractivity contribution < 1.29 is 13.5 Å². The molecule has 5 heteroatoms. The van der Waals surface area contributed by atoms with E-state index in [2.05, 4.69) is 5.10 Å². The van der Waals surface area contributed by atoms with Gasteiger partial charge in [0.15, 0.2) is 0 Å². The Morgan fingerprint density at radius 2 is 2.12 bits per heavy atom. The molecule has 0 aliphatic carbocycles. The molecule has 0 bridgehead atoms. The molecule has 3 nitrogen and oxygen atoms in total. The van der Waals surface area contributed by atoms with Crippen LogP contribution in [0.15, 0.2) is 0 Å². The lowest BCUT2D eigenvalue weighted by atomic mass is 10.0. The maximum atomic E-state index is 13.4. The van der Waals surface area contributed by atoms with E-state index in [1.807, 2.05) is 13.8 Å². The van der Waals surface area contributed by atoms with Crippen molar-refractivity contribution in [2.75, 3.05) is 6.61 Å². The second-order valence-corrected chi connectivity index (χ2v) is 4.50. The number of fused-ring (bicyclic) bond motifs is 1. The number of halogens is 2. The molecule has 1 aromatic heterocycles. The van der Waals surface area contributed by atoms with Gasteiger partial charge in [0.05, 0.1) is 18.9 Å². The summed E-state index contributed by atoms with van der Waals surface area (Å²) in [6.07, 6.45) is 0.529. The molecular formula is C11H16F2N2O. The highest BCUT2D eigenvalue weighted by Crippen LogP contribution is 2.33. The normalized spacial score (nSPS) is 16.6. The monoisotopic (exact) mass is 230 g/mol. The van der Waals surface area contributed by atoms with Crippen LogP contribution in [0.1, 0.15) is 43.8 Å². The van der Waals surface area contributed by atoms with Gasteiger partial charge in [0.1, 0.15) is 5.69 Å². The van der Waals surface area contributed by atoms with E-state index in [4.69, 9.17) is 4.74 Å². The minimum atomic E-state index is -2.87. The van der Waals surface area contributed by atoms with Gasteiger partial charge in [-0.15, -0.1) is 0 Å². The number of hydrogen-bond donors (Lipinski definition) is 0. The molecule has 0 radical (unpaired) electrons. The molecule has 1 aliphatic rings. The van der Waals surface area contributed by atoms with Crippen LogP contribution in [0.2, 0.25) is 0 Å². The molecule has 0 N–H and O–H groups in total. The number of ether oxygens (including phenoxy) is 1. The zero-order valence-electron chi connectivity index (χ0n) is 9.76. The van der Waals surface area contributed by atoms with Crippen molar-refractivity contribution in [2.24, 2.45) is 0 Å². The van der Waals surface area contributed by atoms with Crippen LogP contribution in [0.25, 0.3) is 0 Å². The molecule has 2 rings (SSSR count). The first-order chi connectivity index (χ1) is 7.41. The second kappa shape index (κ2) is 3.80. The topological polar surface area (TPSA) is 27.1 Å². The Morgan fingerprint density at radius 3 is 2.69 bits per heavy atom. The summed E-state index contributed by atoms with van der Waals surface area (Å²) >= 11 is 0. The third-order valence-corrected chi connectivity index (χ3v) is 2.76. The molecule has 0 saturated carbocycles. The molecule has 0 fully saturated rings. The zero-order valence-corrected chi connectivity index (χ0v) is 9.76. The van der Waals surface area contributed by atoms with Crippen molar-refractivity contribution in [1.29, 1.82) is 0 Å². The maximum Gasteiger partial charge on any atom is 0.289 e. The number of nitrogens with zero attached hydrogens (tertiary/aromatic N) is 2. The first-order valence-corrected chi connectivity index (χ1v) is 5.47. The van der Waals surface area contributed by atoms with Crippen molar-refractivity contribution in [3.8, 4) is 0 Å². The van der Waals surface area contributed by atoms with Gasteiger partial charge in [0.25, 0.3) is 5.92 Å². The molecule has 1 aliphatic heterocycles. The van der Waals surface area contributed by atoms with E-state index in [9.17, 15) is 8.78 Å². The van der Waals surface area contributed by atoms with Gasteiger partial charge in [-0.25, -0.2) is 0 Å². The quantitative estimate of drug-likeness (QED) is 0.781. The standard InChI is InChI=1S/C11H16F2N2O/c1-7(2)15-9-6-16-5-4-8(9)10(14-15)11(3,12)13/h7H,4-6H2,1-3H3. The lowest BCUT2D eigenvalue weighted by Crippen LogP contribution is -2.16. The molecule has 2 heterocycles. The Hall–Kier alpha value is -0.970. The summed E-state index contributed by atoms with van der Waals surface area (Å²) in [6, 6.07) is 0.0755. The highest BCUT2D eigenvalue weighted by Gasteiger charge is 2.35.